The number of amides is 1. The molecule has 1 aromatic heterocycles. The molecule has 0 radical (unpaired) electrons. The zero-order chi connectivity index (χ0) is 19.2. The molecule has 0 aliphatic carbocycles. The highest BCUT2D eigenvalue weighted by Gasteiger charge is 2.45. The fourth-order valence-corrected chi connectivity index (χ4v) is 4.12. The predicted molar refractivity (Wildman–Crippen MR) is 105 cm³/mol. The molecule has 2 aromatic rings. The van der Waals surface area contributed by atoms with E-state index in [4.69, 9.17) is 4.74 Å². The third-order valence-electron chi connectivity index (χ3n) is 4.96. The first-order chi connectivity index (χ1) is 13.1. The van der Waals surface area contributed by atoms with Crippen molar-refractivity contribution in [3.05, 3.63) is 58.3 Å². The van der Waals surface area contributed by atoms with E-state index in [-0.39, 0.29) is 31.2 Å². The summed E-state index contributed by atoms with van der Waals surface area (Å²) in [6.07, 6.45) is -0.988. The van der Waals surface area contributed by atoms with Crippen LogP contribution in [0, 0.1) is 0 Å². The van der Waals surface area contributed by atoms with Crippen LogP contribution in [0.15, 0.2) is 47.8 Å². The van der Waals surface area contributed by atoms with Gasteiger partial charge in [-0.3, -0.25) is 9.69 Å². The molecule has 2 heterocycles. The van der Waals surface area contributed by atoms with Crippen molar-refractivity contribution in [2.24, 2.45) is 0 Å². The molecule has 146 valence electrons. The maximum Gasteiger partial charge on any atom is 0.261 e. The third kappa shape index (κ3) is 4.94. The van der Waals surface area contributed by atoms with Crippen molar-refractivity contribution < 1.29 is 19.7 Å². The average Bonchev–Trinajstić information content (AvgIpc) is 3.33. The summed E-state index contributed by atoms with van der Waals surface area (Å²) in [5.41, 5.74) is 1.22. The number of aliphatic hydroxyl groups excluding tert-OH is 2. The van der Waals surface area contributed by atoms with Gasteiger partial charge < -0.3 is 20.3 Å². The van der Waals surface area contributed by atoms with E-state index in [2.05, 4.69) is 22.3 Å². The van der Waals surface area contributed by atoms with Crippen molar-refractivity contribution in [3.8, 4) is 0 Å². The first kappa shape index (κ1) is 20.0. The van der Waals surface area contributed by atoms with E-state index in [1.165, 1.54) is 16.9 Å². The van der Waals surface area contributed by atoms with Gasteiger partial charge >= 0.3 is 0 Å². The summed E-state index contributed by atoms with van der Waals surface area (Å²) in [6.45, 7) is 0.771. The summed E-state index contributed by atoms with van der Waals surface area (Å²) < 4.78 is 5.82. The second-order valence-corrected chi connectivity index (χ2v) is 7.73. The van der Waals surface area contributed by atoms with Gasteiger partial charge in [-0.25, -0.2) is 0 Å². The highest BCUT2D eigenvalue weighted by atomic mass is 32.1. The van der Waals surface area contributed by atoms with Crippen molar-refractivity contribution in [2.45, 2.75) is 30.8 Å². The predicted octanol–water partition coefficient (Wildman–Crippen LogP) is 1.14. The Morgan fingerprint density at radius 1 is 1.22 bits per heavy atom. The third-order valence-corrected chi connectivity index (χ3v) is 5.82. The van der Waals surface area contributed by atoms with Crippen LogP contribution in [0.1, 0.15) is 15.2 Å². The lowest BCUT2D eigenvalue weighted by Gasteiger charge is -2.30. The summed E-state index contributed by atoms with van der Waals surface area (Å²) in [5.74, 6) is -0.152. The number of carbonyl (C=O) groups is 1. The van der Waals surface area contributed by atoms with Crippen LogP contribution in [0.3, 0.4) is 0 Å². The van der Waals surface area contributed by atoms with Crippen molar-refractivity contribution in [1.29, 1.82) is 0 Å². The minimum Gasteiger partial charge on any atom is -0.394 e. The molecule has 1 fully saturated rings. The standard InChI is InChI=1S/C20H26N2O4S/c1-22(10-9-14-6-3-2-4-7-14)18-15(26-16(13-23)19(18)24)12-21-20(25)17-8-5-11-27-17/h2-8,11,15-16,18-19,23-24H,9-10,12-13H2,1H3,(H,21,25)/t15-,16+,18-,19-/m1/s1. The lowest BCUT2D eigenvalue weighted by atomic mass is 10.0. The second-order valence-electron chi connectivity index (χ2n) is 6.78. The molecule has 0 saturated carbocycles. The molecule has 3 N–H and O–H groups in total. The summed E-state index contributed by atoms with van der Waals surface area (Å²) >= 11 is 1.38. The van der Waals surface area contributed by atoms with Gasteiger partial charge in [0.05, 0.1) is 23.6 Å². The lowest BCUT2D eigenvalue weighted by Crippen LogP contribution is -2.50. The van der Waals surface area contributed by atoms with Gasteiger partial charge in [0.1, 0.15) is 12.2 Å². The Labute approximate surface area is 163 Å². The number of ether oxygens (including phenoxy) is 1. The van der Waals surface area contributed by atoms with Gasteiger partial charge in [-0.05, 0) is 30.5 Å². The fourth-order valence-electron chi connectivity index (χ4n) is 3.48. The van der Waals surface area contributed by atoms with Gasteiger partial charge in [0.15, 0.2) is 0 Å². The van der Waals surface area contributed by atoms with Crippen LogP contribution in [0.25, 0.3) is 0 Å². The van der Waals surface area contributed by atoms with Gasteiger partial charge in [-0.2, -0.15) is 0 Å². The Balaban J connectivity index is 1.61. The highest BCUT2D eigenvalue weighted by molar-refractivity contribution is 7.12. The Morgan fingerprint density at radius 3 is 2.67 bits per heavy atom. The zero-order valence-electron chi connectivity index (χ0n) is 15.3. The van der Waals surface area contributed by atoms with Gasteiger partial charge in [0.2, 0.25) is 0 Å². The molecule has 6 nitrogen and oxygen atoms in total. The Bertz CT molecular complexity index is 710. The van der Waals surface area contributed by atoms with E-state index in [1.54, 1.807) is 6.07 Å². The number of nitrogens with one attached hydrogen (secondary N) is 1. The summed E-state index contributed by atoms with van der Waals surface area (Å²) in [7, 11) is 1.94. The smallest absolute Gasteiger partial charge is 0.261 e. The van der Waals surface area contributed by atoms with Crippen LogP contribution in [-0.2, 0) is 11.2 Å². The molecule has 4 atom stereocenters. The molecule has 1 aromatic carbocycles. The van der Waals surface area contributed by atoms with Gasteiger partial charge in [0, 0.05) is 13.1 Å². The first-order valence-electron chi connectivity index (χ1n) is 9.10. The quantitative estimate of drug-likeness (QED) is 0.630. The number of rotatable bonds is 8. The average molecular weight is 391 g/mol. The van der Waals surface area contributed by atoms with E-state index in [0.29, 0.717) is 4.88 Å². The van der Waals surface area contributed by atoms with Crippen molar-refractivity contribution in [1.82, 2.24) is 10.2 Å². The SMILES string of the molecule is CN(CCc1ccccc1)[C@H]1[C@H](O)[C@H](CO)O[C@@H]1CNC(=O)c1cccs1. The molecule has 0 spiro atoms. The minimum atomic E-state index is -0.806. The number of benzene rings is 1. The van der Waals surface area contributed by atoms with Crippen LogP contribution >= 0.6 is 11.3 Å². The van der Waals surface area contributed by atoms with Crippen molar-refractivity contribution in [2.75, 3.05) is 26.7 Å². The fraction of sp³-hybridized carbons (Fsp3) is 0.450. The van der Waals surface area contributed by atoms with Crippen LogP contribution in [0.4, 0.5) is 0 Å². The van der Waals surface area contributed by atoms with E-state index in [9.17, 15) is 15.0 Å². The largest absolute Gasteiger partial charge is 0.394 e. The van der Waals surface area contributed by atoms with Gasteiger partial charge in [0.25, 0.3) is 5.91 Å². The lowest BCUT2D eigenvalue weighted by molar-refractivity contribution is -0.0209. The van der Waals surface area contributed by atoms with Crippen LogP contribution in [0.2, 0.25) is 0 Å². The van der Waals surface area contributed by atoms with Crippen molar-refractivity contribution >= 4 is 17.2 Å². The zero-order valence-corrected chi connectivity index (χ0v) is 16.1. The van der Waals surface area contributed by atoms with E-state index < -0.39 is 12.2 Å². The number of likely N-dealkylation sites (N-methyl/N-ethyl adjacent to an activating group) is 1. The molecular formula is C20H26N2O4S. The van der Waals surface area contributed by atoms with E-state index in [0.717, 1.165) is 13.0 Å². The summed E-state index contributed by atoms with van der Waals surface area (Å²) in [6, 6.07) is 13.5. The van der Waals surface area contributed by atoms with Crippen LogP contribution in [0.5, 0.6) is 0 Å². The van der Waals surface area contributed by atoms with Gasteiger partial charge in [-0.15, -0.1) is 11.3 Å². The van der Waals surface area contributed by atoms with E-state index >= 15 is 0 Å². The Morgan fingerprint density at radius 2 is 2.00 bits per heavy atom. The first-order valence-corrected chi connectivity index (χ1v) is 9.98. The van der Waals surface area contributed by atoms with Gasteiger partial charge in [-0.1, -0.05) is 36.4 Å². The topological polar surface area (TPSA) is 82.0 Å². The maximum absolute atomic E-state index is 12.2. The molecule has 7 heteroatoms. The number of thiophene rings is 1. The second kappa shape index (κ2) is 9.43. The number of carbonyl (C=O) groups excluding carboxylic acids is 1. The molecule has 0 bridgehead atoms. The number of hydrogen-bond acceptors (Lipinski definition) is 6. The maximum atomic E-state index is 12.2. The molecular weight excluding hydrogens is 364 g/mol. The molecule has 0 unspecified atom stereocenters. The Kier molecular flexibility index (Phi) is 6.98. The monoisotopic (exact) mass is 390 g/mol. The molecule has 1 amide bonds. The number of hydrogen-bond donors (Lipinski definition) is 3. The summed E-state index contributed by atoms with van der Waals surface area (Å²) in [4.78, 5) is 14.9. The normalized spacial score (nSPS) is 25.0. The molecule has 1 saturated heterocycles. The number of aliphatic hydroxyl groups is 2. The van der Waals surface area contributed by atoms with Crippen LogP contribution < -0.4 is 5.32 Å². The molecule has 1 aliphatic heterocycles. The molecule has 1 aliphatic rings. The van der Waals surface area contributed by atoms with Crippen molar-refractivity contribution in [3.63, 3.8) is 0 Å². The Hall–Kier alpha value is -1.77. The number of nitrogens with zero attached hydrogens (tertiary/aromatic N) is 1. The van der Waals surface area contributed by atoms with Crippen LogP contribution in [-0.4, -0.2) is 72.1 Å². The van der Waals surface area contributed by atoms with E-state index in [1.807, 2.05) is 36.7 Å². The highest BCUT2D eigenvalue weighted by Crippen LogP contribution is 2.25. The minimum absolute atomic E-state index is 0.152. The summed E-state index contributed by atoms with van der Waals surface area (Å²) in [5, 5.41) is 24.8. The molecule has 27 heavy (non-hydrogen) atoms. The molecule has 3 rings (SSSR count).